The number of benzene rings is 2. The second-order valence-corrected chi connectivity index (χ2v) is 21.3. The third-order valence-electron chi connectivity index (χ3n) is 15.5. The summed E-state index contributed by atoms with van der Waals surface area (Å²) in [5.41, 5.74) is -1.54. The molecule has 7 N–H and O–H groups in total. The molecule has 10 unspecified atom stereocenters. The lowest BCUT2D eigenvalue weighted by Gasteiger charge is -2.58. The molecule has 2 aromatic carbocycles. The van der Waals surface area contributed by atoms with E-state index in [1.165, 1.54) is 69.6 Å². The van der Waals surface area contributed by atoms with Crippen molar-refractivity contribution in [2.24, 2.45) is 34.0 Å². The Morgan fingerprint density at radius 3 is 2.42 bits per heavy atom. The van der Waals surface area contributed by atoms with Crippen LogP contribution in [0.5, 0.6) is 17.2 Å². The van der Waals surface area contributed by atoms with Gasteiger partial charge < -0.3 is 54.7 Å². The Hall–Kier alpha value is -2.34. The van der Waals surface area contributed by atoms with E-state index in [4.69, 9.17) is 18.9 Å². The Bertz CT molecular complexity index is 1920. The van der Waals surface area contributed by atoms with Gasteiger partial charge in [-0.25, -0.2) is 4.79 Å². The topological polar surface area (TPSA) is 213 Å². The van der Waals surface area contributed by atoms with Crippen LogP contribution in [0.25, 0.3) is 10.8 Å². The summed E-state index contributed by atoms with van der Waals surface area (Å²) >= 11 is 0. The van der Waals surface area contributed by atoms with Crippen molar-refractivity contribution in [3.8, 4) is 17.2 Å². The number of hydrogen-bond acceptors (Lipinski definition) is 14. The maximum atomic E-state index is 12.6. The van der Waals surface area contributed by atoms with E-state index in [0.717, 1.165) is 37.1 Å². The van der Waals surface area contributed by atoms with Gasteiger partial charge in [0.05, 0.1) is 29.7 Å². The van der Waals surface area contributed by atoms with Gasteiger partial charge in [0.1, 0.15) is 47.1 Å². The summed E-state index contributed by atoms with van der Waals surface area (Å²) in [5.74, 6) is -1.38. The zero-order valence-corrected chi connectivity index (χ0v) is 35.7. The molecule has 2 aromatic rings. The van der Waals surface area contributed by atoms with Crippen LogP contribution in [0.15, 0.2) is 12.1 Å². The quantitative estimate of drug-likeness (QED) is 0.0879. The van der Waals surface area contributed by atoms with Crippen LogP contribution in [0.2, 0.25) is 0 Å². The lowest BCUT2D eigenvalue weighted by Crippen LogP contribution is -2.69. The van der Waals surface area contributed by atoms with Gasteiger partial charge in [-0.2, -0.15) is 0 Å². The molecule has 13 nitrogen and oxygen atoms in total. The van der Waals surface area contributed by atoms with Crippen LogP contribution in [0.4, 0.5) is 0 Å². The summed E-state index contributed by atoms with van der Waals surface area (Å²) in [6.45, 7) is 3.49. The highest BCUT2D eigenvalue weighted by atomic mass is 33.1. The molecular weight excluding hydrogens is 801 g/mol. The smallest absolute Gasteiger partial charge is 0.335 e. The van der Waals surface area contributed by atoms with E-state index in [9.17, 15) is 45.3 Å². The molecule has 0 radical (unpaired) electrons. The largest absolute Gasteiger partial charge is 0.507 e. The number of aliphatic hydroxyl groups excluding tert-OH is 4. The van der Waals surface area contributed by atoms with Gasteiger partial charge >= 0.3 is 5.97 Å². The molecule has 8 rings (SSSR count). The average Bonchev–Trinajstić information content (AvgIpc) is 3.81. The van der Waals surface area contributed by atoms with Crippen molar-refractivity contribution in [2.45, 2.75) is 128 Å². The second-order valence-electron chi connectivity index (χ2n) is 18.9. The first-order valence-corrected chi connectivity index (χ1v) is 23.8. The number of phenols is 2. The van der Waals surface area contributed by atoms with E-state index in [0.29, 0.717) is 43.3 Å². The number of rotatable bonds is 8. The van der Waals surface area contributed by atoms with Gasteiger partial charge in [-0.1, -0.05) is 34.4 Å². The summed E-state index contributed by atoms with van der Waals surface area (Å²) in [7, 11) is 3.18. The van der Waals surface area contributed by atoms with Gasteiger partial charge in [-0.15, -0.1) is 0 Å². The van der Waals surface area contributed by atoms with Crippen LogP contribution in [-0.4, -0.2) is 116 Å². The number of carbonyl (C=O) groups is 2. The van der Waals surface area contributed by atoms with E-state index in [1.54, 1.807) is 10.8 Å². The Morgan fingerprint density at radius 2 is 1.71 bits per heavy atom. The molecule has 0 bridgehead atoms. The van der Waals surface area contributed by atoms with E-state index in [1.807, 2.05) is 0 Å². The lowest BCUT2D eigenvalue weighted by atomic mass is 9.50. The molecule has 3 spiro atoms. The van der Waals surface area contributed by atoms with Gasteiger partial charge in [-0.3, -0.25) is 4.79 Å². The Balaban J connectivity index is 1.13. The number of hydrogen-bond donors (Lipinski definition) is 7. The fourth-order valence-electron chi connectivity index (χ4n) is 13.1. The number of Topliss-reactive ketones (excluding diaryl/α,β-unsaturated/α-hetero) is 1. The number of aliphatic hydroxyl groups is 4. The summed E-state index contributed by atoms with van der Waals surface area (Å²) < 4.78 is 25.6. The zero-order chi connectivity index (χ0) is 41.9. The van der Waals surface area contributed by atoms with E-state index >= 15 is 0 Å². The molecule has 0 amide bonds. The Labute approximate surface area is 352 Å². The van der Waals surface area contributed by atoms with Crippen molar-refractivity contribution >= 4 is 44.1 Å². The van der Waals surface area contributed by atoms with Crippen molar-refractivity contribution in [3.63, 3.8) is 0 Å². The minimum Gasteiger partial charge on any atom is -0.507 e. The number of aromatic hydroxyl groups is 2. The van der Waals surface area contributed by atoms with Gasteiger partial charge in [0.25, 0.3) is 0 Å². The molecule has 10 atom stereocenters. The van der Waals surface area contributed by atoms with Crippen LogP contribution in [-0.2, 0) is 14.2 Å². The molecule has 3 saturated heterocycles. The number of aromatic carboxylic acids is 1. The van der Waals surface area contributed by atoms with Crippen molar-refractivity contribution in [3.05, 3.63) is 28.8 Å². The van der Waals surface area contributed by atoms with E-state index in [2.05, 4.69) is 0 Å². The second kappa shape index (κ2) is 16.7. The van der Waals surface area contributed by atoms with Crippen molar-refractivity contribution in [1.82, 2.24) is 0 Å². The average molecular weight is 861 g/mol. The third-order valence-corrected chi connectivity index (χ3v) is 17.7. The van der Waals surface area contributed by atoms with Crippen LogP contribution >= 0.6 is 21.6 Å². The number of ketones is 1. The summed E-state index contributed by atoms with van der Waals surface area (Å²) in [6, 6.07) is 2.24. The monoisotopic (exact) mass is 860 g/mol. The Kier molecular flexibility index (Phi) is 12.3. The zero-order valence-electron chi connectivity index (χ0n) is 34.0. The van der Waals surface area contributed by atoms with Gasteiger partial charge in [0.2, 0.25) is 6.29 Å². The minimum absolute atomic E-state index is 0.0511. The summed E-state index contributed by atoms with van der Waals surface area (Å²) in [4.78, 5) is 24.8. The standard InChI is InChI=1S/C44H60O13S2/c1-24-32(25(2)47)36(49)33-29(35(24)48)14-27(39(52)53)15-30(33)56-40-37(50)38(51)44(31(18-46)57-40)10-6-26-16-42(12-11-41(20-42)7-3-4-8-41)17-28-19-54-21-43(34(26)28,9-5-13-45)22-58-59-23-55-44/h14-15,26,28,31,34,37-38,40,45-46,48-51H,3-13,16-23H2,1-2H3,(H,52,53). The van der Waals surface area contributed by atoms with Crippen LogP contribution in [0.3, 0.4) is 0 Å². The molecule has 3 heterocycles. The molecule has 15 heteroatoms. The minimum atomic E-state index is -1.77. The SMILES string of the molecule is CC(=O)c1c(C)c(O)c2cc(C(=O)O)cc(OC3OC(CO)C4(CCC5CC6(CCC7(CCCC7)C6)CC6COCC(CCCO)(CSSCO4)C56)C(O)C3O)c2c1O. The molecule has 6 aliphatic rings. The third kappa shape index (κ3) is 7.55. The van der Waals surface area contributed by atoms with Crippen LogP contribution in [0.1, 0.15) is 117 Å². The molecule has 3 saturated carbocycles. The summed E-state index contributed by atoms with van der Waals surface area (Å²) in [6.07, 6.45) is 7.23. The van der Waals surface area contributed by atoms with Gasteiger partial charge in [-0.05, 0) is 125 Å². The summed E-state index contributed by atoms with van der Waals surface area (Å²) in [5, 5.41) is 77.5. The number of ether oxygens (including phenoxy) is 4. The van der Waals surface area contributed by atoms with E-state index in [-0.39, 0.29) is 68.9 Å². The van der Waals surface area contributed by atoms with E-state index < -0.39 is 60.1 Å². The maximum absolute atomic E-state index is 12.6. The first kappa shape index (κ1) is 43.3. The predicted molar refractivity (Wildman–Crippen MR) is 222 cm³/mol. The highest BCUT2D eigenvalue weighted by Gasteiger charge is 2.62. The maximum Gasteiger partial charge on any atom is 0.335 e. The normalized spacial score (nSPS) is 37.1. The fourth-order valence-corrected chi connectivity index (χ4v) is 15.5. The molecule has 3 aliphatic heterocycles. The number of carbonyl (C=O) groups excluding carboxylic acids is 1. The van der Waals surface area contributed by atoms with Crippen molar-refractivity contribution in [2.75, 3.05) is 38.1 Å². The predicted octanol–water partition coefficient (Wildman–Crippen LogP) is 6.33. The fraction of sp³-hybridized carbons (Fsp3) is 0.727. The number of carboxylic acid groups (broad SMARTS) is 1. The van der Waals surface area contributed by atoms with Gasteiger partial charge in [0.15, 0.2) is 5.78 Å². The molecule has 6 fully saturated rings. The van der Waals surface area contributed by atoms with Crippen molar-refractivity contribution < 1.29 is 64.3 Å². The number of fused-ring (bicyclic) bond motifs is 1. The van der Waals surface area contributed by atoms with Crippen LogP contribution in [0, 0.1) is 40.9 Å². The van der Waals surface area contributed by atoms with Gasteiger partial charge in [0, 0.05) is 35.3 Å². The molecule has 59 heavy (non-hydrogen) atoms. The highest BCUT2D eigenvalue weighted by Crippen LogP contribution is 2.67. The first-order chi connectivity index (χ1) is 28.2. The molecular formula is C44H60O13S2. The molecule has 3 aliphatic carbocycles. The number of carboxylic acids is 1. The van der Waals surface area contributed by atoms with Crippen LogP contribution < -0.4 is 4.74 Å². The number of phenolic OH excluding ortho intramolecular Hbond substituents is 2. The Morgan fingerprint density at radius 1 is 0.966 bits per heavy atom. The first-order valence-electron chi connectivity index (χ1n) is 21.3. The molecule has 0 aromatic heterocycles. The highest BCUT2D eigenvalue weighted by molar-refractivity contribution is 8.76. The van der Waals surface area contributed by atoms with Crippen molar-refractivity contribution in [1.29, 1.82) is 0 Å². The lowest BCUT2D eigenvalue weighted by molar-refractivity contribution is -0.323. The molecule has 326 valence electrons.